The first-order chi connectivity index (χ1) is 17.8. The Balaban J connectivity index is 1.47. The largest absolute Gasteiger partial charge is 0.493 e. The summed E-state index contributed by atoms with van der Waals surface area (Å²) in [6.07, 6.45) is 1.61. The number of halogens is 2. The van der Waals surface area contributed by atoms with E-state index in [4.69, 9.17) is 25.8 Å². The van der Waals surface area contributed by atoms with E-state index in [9.17, 15) is 14.4 Å². The van der Waals surface area contributed by atoms with Gasteiger partial charge in [0.15, 0.2) is 11.5 Å². The molecule has 0 saturated carbocycles. The van der Waals surface area contributed by atoms with Crippen molar-refractivity contribution in [2.45, 2.75) is 6.92 Å². The number of aryl methyl sites for hydroxylation is 1. The van der Waals surface area contributed by atoms with Gasteiger partial charge in [-0.2, -0.15) is 0 Å². The number of amides is 2. The number of imide groups is 1. The molecule has 0 spiro atoms. The zero-order valence-electron chi connectivity index (χ0n) is 19.8. The van der Waals surface area contributed by atoms with Crippen LogP contribution in [0.3, 0.4) is 0 Å². The molecule has 1 saturated heterocycles. The zero-order valence-corrected chi connectivity index (χ0v) is 23.6. The van der Waals surface area contributed by atoms with Gasteiger partial charge in [-0.25, -0.2) is 4.79 Å². The van der Waals surface area contributed by atoms with Gasteiger partial charge in [0.2, 0.25) is 0 Å². The Morgan fingerprint density at radius 2 is 1.81 bits per heavy atom. The van der Waals surface area contributed by atoms with Crippen molar-refractivity contribution in [1.29, 1.82) is 0 Å². The van der Waals surface area contributed by atoms with Gasteiger partial charge in [0, 0.05) is 0 Å². The van der Waals surface area contributed by atoms with Gasteiger partial charge >= 0.3 is 5.97 Å². The fraction of sp³-hybridized carbons (Fsp3) is 0.148. The summed E-state index contributed by atoms with van der Waals surface area (Å²) in [5.74, 6) is 0.156. The number of benzene rings is 3. The zero-order chi connectivity index (χ0) is 26.5. The predicted octanol–water partition coefficient (Wildman–Crippen LogP) is 6.60. The minimum atomic E-state index is -0.510. The highest BCUT2D eigenvalue weighted by molar-refractivity contribution is 14.1. The maximum absolute atomic E-state index is 12.9. The molecule has 3 aromatic rings. The number of para-hydroxylation sites is 1. The van der Waals surface area contributed by atoms with Crippen LogP contribution in [0, 0.1) is 10.5 Å². The van der Waals surface area contributed by atoms with Crippen molar-refractivity contribution >= 4 is 69.1 Å². The van der Waals surface area contributed by atoms with Crippen molar-refractivity contribution in [3.05, 3.63) is 90.9 Å². The van der Waals surface area contributed by atoms with Crippen LogP contribution in [0.1, 0.15) is 21.5 Å². The fourth-order valence-electron chi connectivity index (χ4n) is 3.42. The lowest BCUT2D eigenvalue weighted by atomic mass is 10.1. The average molecular weight is 650 g/mol. The summed E-state index contributed by atoms with van der Waals surface area (Å²) in [5.41, 5.74) is 2.07. The van der Waals surface area contributed by atoms with Gasteiger partial charge in [-0.05, 0) is 89.3 Å². The molecule has 37 heavy (non-hydrogen) atoms. The Morgan fingerprint density at radius 3 is 2.51 bits per heavy atom. The highest BCUT2D eigenvalue weighted by Crippen LogP contribution is 2.37. The number of carbonyl (C=O) groups is 3. The normalized spacial score (nSPS) is 14.3. The van der Waals surface area contributed by atoms with Crippen LogP contribution >= 0.6 is 46.0 Å². The van der Waals surface area contributed by atoms with Crippen molar-refractivity contribution in [1.82, 2.24) is 4.90 Å². The topological polar surface area (TPSA) is 82.1 Å². The van der Waals surface area contributed by atoms with Gasteiger partial charge in [0.25, 0.3) is 11.1 Å². The smallest absolute Gasteiger partial charge is 0.343 e. The summed E-state index contributed by atoms with van der Waals surface area (Å²) in [4.78, 5) is 39.4. The average Bonchev–Trinajstić information content (AvgIpc) is 3.14. The van der Waals surface area contributed by atoms with Crippen molar-refractivity contribution < 1.29 is 28.6 Å². The lowest BCUT2D eigenvalue weighted by molar-refractivity contribution is -0.123. The van der Waals surface area contributed by atoms with Crippen molar-refractivity contribution in [3.63, 3.8) is 0 Å². The van der Waals surface area contributed by atoms with E-state index in [1.807, 2.05) is 41.6 Å². The number of hydrogen-bond donors (Lipinski definition) is 0. The summed E-state index contributed by atoms with van der Waals surface area (Å²) < 4.78 is 17.3. The maximum Gasteiger partial charge on any atom is 0.343 e. The first-order valence-electron chi connectivity index (χ1n) is 11.1. The van der Waals surface area contributed by atoms with E-state index in [0.29, 0.717) is 31.2 Å². The molecule has 0 atom stereocenters. The van der Waals surface area contributed by atoms with Gasteiger partial charge in [-0.15, -0.1) is 0 Å². The molecule has 1 aliphatic rings. The molecule has 10 heteroatoms. The Bertz CT molecular complexity index is 1390. The second-order valence-electron chi connectivity index (χ2n) is 7.90. The van der Waals surface area contributed by atoms with E-state index in [0.717, 1.165) is 22.2 Å². The van der Waals surface area contributed by atoms with E-state index in [-0.39, 0.29) is 29.0 Å². The molecule has 1 fully saturated rings. The van der Waals surface area contributed by atoms with Gasteiger partial charge in [0.05, 0.1) is 32.7 Å². The molecule has 0 radical (unpaired) electrons. The van der Waals surface area contributed by atoms with Crippen LogP contribution < -0.4 is 14.2 Å². The van der Waals surface area contributed by atoms with Crippen molar-refractivity contribution in [2.24, 2.45) is 0 Å². The molecular weight excluding hydrogens is 629 g/mol. The number of nitrogens with zero attached hydrogens (tertiary/aromatic N) is 1. The molecule has 190 valence electrons. The van der Waals surface area contributed by atoms with Crippen LogP contribution in [-0.4, -0.2) is 42.3 Å². The number of esters is 1. The molecule has 1 aliphatic heterocycles. The summed E-state index contributed by atoms with van der Waals surface area (Å²) >= 11 is 8.96. The molecule has 0 aliphatic carbocycles. The Labute approximate surface area is 236 Å². The third-order valence-corrected chi connectivity index (χ3v) is 7.34. The summed E-state index contributed by atoms with van der Waals surface area (Å²) in [7, 11) is 1.46. The molecule has 0 N–H and O–H groups in total. The molecule has 0 aromatic heterocycles. The minimum absolute atomic E-state index is 0.0853. The summed E-state index contributed by atoms with van der Waals surface area (Å²) in [5, 5.41) is 0.0670. The Kier molecular flexibility index (Phi) is 8.78. The van der Waals surface area contributed by atoms with Crippen LogP contribution in [0.4, 0.5) is 4.79 Å². The third kappa shape index (κ3) is 6.46. The summed E-state index contributed by atoms with van der Waals surface area (Å²) in [6.45, 7) is 2.13. The Hall–Kier alpha value is -3.02. The first-order valence-corrected chi connectivity index (χ1v) is 13.3. The van der Waals surface area contributed by atoms with E-state index in [1.165, 1.54) is 7.11 Å². The number of ether oxygens (including phenoxy) is 3. The van der Waals surface area contributed by atoms with Gasteiger partial charge < -0.3 is 14.2 Å². The second-order valence-corrected chi connectivity index (χ2v) is 10.5. The monoisotopic (exact) mass is 649 g/mol. The van der Waals surface area contributed by atoms with E-state index in [2.05, 4.69) is 0 Å². The molecule has 7 nitrogen and oxygen atoms in total. The van der Waals surface area contributed by atoms with Crippen LogP contribution in [0.2, 0.25) is 5.02 Å². The number of thioether (sulfide) groups is 1. The molecule has 0 bridgehead atoms. The molecule has 2 amide bonds. The van der Waals surface area contributed by atoms with Crippen LogP contribution in [0.25, 0.3) is 6.08 Å². The summed E-state index contributed by atoms with van der Waals surface area (Å²) in [6, 6.07) is 17.4. The van der Waals surface area contributed by atoms with E-state index < -0.39 is 11.9 Å². The standard InChI is InChI=1S/C27H21ClINO6S/c1-16-7-9-18(10-8-16)26(32)36-24-20(29)13-17(14-22(24)34-2)15-23-25(31)30(27(33)37-23)11-12-35-21-6-4-3-5-19(21)28/h3-10,13-15H,11-12H2,1-2H3/b23-15-. The molecule has 4 rings (SSSR count). The number of rotatable bonds is 8. The predicted molar refractivity (Wildman–Crippen MR) is 151 cm³/mol. The highest BCUT2D eigenvalue weighted by Gasteiger charge is 2.35. The van der Waals surface area contributed by atoms with Crippen LogP contribution in [0.15, 0.2) is 65.6 Å². The maximum atomic E-state index is 12.9. The van der Waals surface area contributed by atoms with E-state index in [1.54, 1.807) is 54.6 Å². The van der Waals surface area contributed by atoms with E-state index >= 15 is 0 Å². The Morgan fingerprint density at radius 1 is 1.08 bits per heavy atom. The SMILES string of the molecule is COc1cc(/C=C2\SC(=O)N(CCOc3ccccc3Cl)C2=O)cc(I)c1OC(=O)c1ccc(C)cc1. The number of carbonyl (C=O) groups excluding carboxylic acids is 3. The number of methoxy groups -OCH3 is 1. The minimum Gasteiger partial charge on any atom is -0.493 e. The lowest BCUT2D eigenvalue weighted by Gasteiger charge is -2.14. The van der Waals surface area contributed by atoms with Gasteiger partial charge in [0.1, 0.15) is 12.4 Å². The van der Waals surface area contributed by atoms with Gasteiger partial charge in [-0.3, -0.25) is 14.5 Å². The molecule has 1 heterocycles. The van der Waals surface area contributed by atoms with Crippen molar-refractivity contribution in [2.75, 3.05) is 20.3 Å². The fourth-order valence-corrected chi connectivity index (χ4v) is 5.21. The quantitative estimate of drug-likeness (QED) is 0.118. The number of hydrogen-bond acceptors (Lipinski definition) is 7. The van der Waals surface area contributed by atoms with Gasteiger partial charge in [-0.1, -0.05) is 41.4 Å². The molecular formula is C27H21ClINO6S. The van der Waals surface area contributed by atoms with Crippen LogP contribution in [0.5, 0.6) is 17.2 Å². The third-order valence-electron chi connectivity index (χ3n) is 5.31. The first kappa shape index (κ1) is 27.0. The second kappa shape index (κ2) is 12.0. The van der Waals surface area contributed by atoms with Crippen LogP contribution in [-0.2, 0) is 4.79 Å². The highest BCUT2D eigenvalue weighted by atomic mass is 127. The molecule has 3 aromatic carbocycles. The molecule has 0 unspecified atom stereocenters. The lowest BCUT2D eigenvalue weighted by Crippen LogP contribution is -2.32. The van der Waals surface area contributed by atoms with Crippen molar-refractivity contribution in [3.8, 4) is 17.2 Å².